The van der Waals surface area contributed by atoms with Gasteiger partial charge in [-0.1, -0.05) is 97.1 Å². The second-order valence-corrected chi connectivity index (χ2v) is 6.16. The number of anilines is 2. The van der Waals surface area contributed by atoms with Crippen LogP contribution in [0, 0.1) is 4.91 Å². The first kappa shape index (κ1) is 16.7. The molecule has 0 fully saturated rings. The SMILES string of the molecule is O=NN(c1ccccc1-c1ccccc1)c1ccccc1-c1ccccc1. The maximum absolute atomic E-state index is 11.9. The summed E-state index contributed by atoms with van der Waals surface area (Å²) < 4.78 is 0. The molecular formula is C24H18N2O. The van der Waals surface area contributed by atoms with Crippen molar-refractivity contribution in [2.75, 3.05) is 5.01 Å². The van der Waals surface area contributed by atoms with Crippen molar-refractivity contribution in [1.29, 1.82) is 0 Å². The molecule has 0 aliphatic heterocycles. The van der Waals surface area contributed by atoms with Gasteiger partial charge in [0.25, 0.3) is 0 Å². The Morgan fingerprint density at radius 2 is 0.852 bits per heavy atom. The Balaban J connectivity index is 1.88. The fourth-order valence-corrected chi connectivity index (χ4v) is 3.26. The fraction of sp³-hybridized carbons (Fsp3) is 0. The van der Waals surface area contributed by atoms with Crippen molar-refractivity contribution in [3.63, 3.8) is 0 Å². The van der Waals surface area contributed by atoms with Crippen molar-refractivity contribution in [1.82, 2.24) is 0 Å². The maximum Gasteiger partial charge on any atom is 0.0763 e. The molecule has 0 N–H and O–H groups in total. The zero-order valence-corrected chi connectivity index (χ0v) is 14.7. The van der Waals surface area contributed by atoms with E-state index in [1.807, 2.05) is 109 Å². The van der Waals surface area contributed by atoms with Crippen LogP contribution in [-0.2, 0) is 0 Å². The number of nitrogens with zero attached hydrogens (tertiary/aromatic N) is 2. The van der Waals surface area contributed by atoms with E-state index in [1.165, 1.54) is 5.01 Å². The van der Waals surface area contributed by atoms with Gasteiger partial charge in [-0.15, -0.1) is 4.91 Å². The van der Waals surface area contributed by atoms with Crippen LogP contribution in [0.1, 0.15) is 0 Å². The lowest BCUT2D eigenvalue weighted by Gasteiger charge is -2.22. The normalized spacial score (nSPS) is 10.4. The van der Waals surface area contributed by atoms with Gasteiger partial charge >= 0.3 is 0 Å². The number of hydrogen-bond donors (Lipinski definition) is 0. The van der Waals surface area contributed by atoms with Crippen LogP contribution < -0.4 is 5.01 Å². The Labute approximate surface area is 158 Å². The van der Waals surface area contributed by atoms with Crippen molar-refractivity contribution in [3.8, 4) is 22.3 Å². The minimum absolute atomic E-state index is 0.752. The van der Waals surface area contributed by atoms with Crippen LogP contribution in [0.2, 0.25) is 0 Å². The molecule has 0 radical (unpaired) electrons. The van der Waals surface area contributed by atoms with Gasteiger partial charge in [-0.2, -0.15) is 5.01 Å². The highest BCUT2D eigenvalue weighted by Crippen LogP contribution is 2.39. The van der Waals surface area contributed by atoms with E-state index in [-0.39, 0.29) is 0 Å². The van der Waals surface area contributed by atoms with E-state index in [4.69, 9.17) is 0 Å². The minimum Gasteiger partial charge on any atom is -0.196 e. The zero-order valence-electron chi connectivity index (χ0n) is 14.7. The Hall–Kier alpha value is -3.72. The molecule has 0 aliphatic carbocycles. The molecule has 0 spiro atoms. The number of benzene rings is 4. The van der Waals surface area contributed by atoms with E-state index in [0.717, 1.165) is 33.6 Å². The molecule has 3 nitrogen and oxygen atoms in total. The number of para-hydroxylation sites is 2. The summed E-state index contributed by atoms with van der Waals surface area (Å²) >= 11 is 0. The van der Waals surface area contributed by atoms with E-state index in [2.05, 4.69) is 5.29 Å². The van der Waals surface area contributed by atoms with Gasteiger partial charge in [0.2, 0.25) is 0 Å². The second-order valence-electron chi connectivity index (χ2n) is 6.16. The van der Waals surface area contributed by atoms with Crippen LogP contribution in [0.3, 0.4) is 0 Å². The van der Waals surface area contributed by atoms with Gasteiger partial charge in [0.15, 0.2) is 0 Å². The van der Waals surface area contributed by atoms with Gasteiger partial charge in [-0.3, -0.25) is 0 Å². The van der Waals surface area contributed by atoms with Crippen molar-refractivity contribution in [3.05, 3.63) is 114 Å². The third-order valence-corrected chi connectivity index (χ3v) is 4.52. The van der Waals surface area contributed by atoms with Gasteiger partial charge in [0.1, 0.15) is 0 Å². The molecule has 0 saturated carbocycles. The van der Waals surface area contributed by atoms with E-state index in [1.54, 1.807) is 0 Å². The summed E-state index contributed by atoms with van der Waals surface area (Å²) in [6, 6.07) is 35.7. The largest absolute Gasteiger partial charge is 0.196 e. The first-order chi connectivity index (χ1) is 13.4. The summed E-state index contributed by atoms with van der Waals surface area (Å²) in [6.07, 6.45) is 0. The molecule has 0 amide bonds. The molecule has 130 valence electrons. The minimum atomic E-state index is 0.752. The Bertz CT molecular complexity index is 963. The predicted octanol–water partition coefficient (Wildman–Crippen LogP) is 6.84. The molecule has 27 heavy (non-hydrogen) atoms. The summed E-state index contributed by atoms with van der Waals surface area (Å²) in [6.45, 7) is 0. The molecule has 0 aliphatic rings. The van der Waals surface area contributed by atoms with Crippen molar-refractivity contribution in [2.24, 2.45) is 5.29 Å². The van der Waals surface area contributed by atoms with Crippen LogP contribution in [0.25, 0.3) is 22.3 Å². The van der Waals surface area contributed by atoms with Crippen molar-refractivity contribution >= 4 is 11.4 Å². The van der Waals surface area contributed by atoms with Gasteiger partial charge in [0, 0.05) is 11.1 Å². The zero-order chi connectivity index (χ0) is 18.5. The molecule has 0 heterocycles. The number of hydrogen-bond acceptors (Lipinski definition) is 2. The molecule has 0 bridgehead atoms. The highest BCUT2D eigenvalue weighted by atomic mass is 16.3. The summed E-state index contributed by atoms with van der Waals surface area (Å²) in [5.74, 6) is 0. The van der Waals surface area contributed by atoms with E-state index in [9.17, 15) is 4.91 Å². The van der Waals surface area contributed by atoms with Crippen LogP contribution in [0.5, 0.6) is 0 Å². The standard InChI is InChI=1S/C24H18N2O/c27-25-26(23-17-9-7-15-21(23)19-11-3-1-4-12-19)24-18-10-8-16-22(24)20-13-5-2-6-14-20/h1-18H. The average molecular weight is 350 g/mol. The van der Waals surface area contributed by atoms with Gasteiger partial charge in [-0.05, 0) is 23.3 Å². The lowest BCUT2D eigenvalue weighted by atomic mass is 10.0. The van der Waals surface area contributed by atoms with E-state index in [0.29, 0.717) is 0 Å². The summed E-state index contributed by atoms with van der Waals surface area (Å²) in [5.41, 5.74) is 5.50. The summed E-state index contributed by atoms with van der Waals surface area (Å²) in [4.78, 5) is 11.9. The van der Waals surface area contributed by atoms with Gasteiger partial charge < -0.3 is 0 Å². The quantitative estimate of drug-likeness (QED) is 0.291. The first-order valence-corrected chi connectivity index (χ1v) is 8.81. The highest BCUT2D eigenvalue weighted by Gasteiger charge is 2.18. The number of rotatable bonds is 5. The lowest BCUT2D eigenvalue weighted by Crippen LogP contribution is -2.10. The molecular weight excluding hydrogens is 332 g/mol. The summed E-state index contributed by atoms with van der Waals surface area (Å²) in [7, 11) is 0. The number of nitroso groups, excluding NO2 is 1. The Morgan fingerprint density at radius 1 is 0.481 bits per heavy atom. The molecule has 4 rings (SSSR count). The topological polar surface area (TPSA) is 32.7 Å². The fourth-order valence-electron chi connectivity index (χ4n) is 3.26. The van der Waals surface area contributed by atoms with Crippen LogP contribution in [-0.4, -0.2) is 0 Å². The average Bonchev–Trinajstić information content (AvgIpc) is 2.76. The van der Waals surface area contributed by atoms with E-state index >= 15 is 0 Å². The molecule has 0 saturated heterocycles. The van der Waals surface area contributed by atoms with E-state index < -0.39 is 0 Å². The van der Waals surface area contributed by atoms with Crippen LogP contribution in [0.15, 0.2) is 114 Å². The third kappa shape index (κ3) is 3.35. The maximum atomic E-state index is 11.9. The monoisotopic (exact) mass is 350 g/mol. The second kappa shape index (κ2) is 7.67. The molecule has 0 unspecified atom stereocenters. The molecule has 4 aromatic carbocycles. The Morgan fingerprint density at radius 3 is 1.26 bits per heavy atom. The smallest absolute Gasteiger partial charge is 0.0763 e. The molecule has 0 atom stereocenters. The molecule has 3 heteroatoms. The highest BCUT2D eigenvalue weighted by molar-refractivity contribution is 5.87. The first-order valence-electron chi connectivity index (χ1n) is 8.81. The van der Waals surface area contributed by atoms with Gasteiger partial charge in [0.05, 0.1) is 16.7 Å². The molecule has 4 aromatic rings. The third-order valence-electron chi connectivity index (χ3n) is 4.52. The van der Waals surface area contributed by atoms with Crippen LogP contribution in [0.4, 0.5) is 11.4 Å². The summed E-state index contributed by atoms with van der Waals surface area (Å²) in [5, 5.41) is 4.86. The lowest BCUT2D eigenvalue weighted by molar-refractivity contribution is 1.07. The van der Waals surface area contributed by atoms with Crippen LogP contribution >= 0.6 is 0 Å². The molecule has 0 aromatic heterocycles. The van der Waals surface area contributed by atoms with Gasteiger partial charge in [-0.25, -0.2) is 0 Å². The van der Waals surface area contributed by atoms with Crippen molar-refractivity contribution < 1.29 is 0 Å². The predicted molar refractivity (Wildman–Crippen MR) is 112 cm³/mol. The van der Waals surface area contributed by atoms with Crippen molar-refractivity contribution in [2.45, 2.75) is 0 Å². The Kier molecular flexibility index (Phi) is 4.75.